The average Bonchev–Trinajstić information content (AvgIpc) is 2.60. The Morgan fingerprint density at radius 2 is 1.65 bits per heavy atom. The van der Waals surface area contributed by atoms with Gasteiger partial charge in [-0.2, -0.15) is 0 Å². The first-order valence-electron chi connectivity index (χ1n) is 7.69. The van der Waals surface area contributed by atoms with Gasteiger partial charge in [0.25, 0.3) is 0 Å². The summed E-state index contributed by atoms with van der Waals surface area (Å²) in [5.41, 5.74) is 2.50. The Bertz CT molecular complexity index is 785. The summed E-state index contributed by atoms with van der Waals surface area (Å²) in [5, 5.41) is 0. The van der Waals surface area contributed by atoms with Gasteiger partial charge in [-0.1, -0.05) is 43.3 Å². The summed E-state index contributed by atoms with van der Waals surface area (Å²) in [5.74, 6) is 0.361. The Kier molecular flexibility index (Phi) is 4.11. The maximum Gasteiger partial charge on any atom is 0.190 e. The normalized spacial score (nSPS) is 18.9. The van der Waals surface area contributed by atoms with Crippen LogP contribution in [0.25, 0.3) is 6.08 Å². The van der Waals surface area contributed by atoms with E-state index in [4.69, 9.17) is 4.74 Å². The summed E-state index contributed by atoms with van der Waals surface area (Å²) in [6.45, 7) is 1.94. The van der Waals surface area contributed by atoms with Crippen molar-refractivity contribution in [3.63, 3.8) is 0 Å². The van der Waals surface area contributed by atoms with Crippen LogP contribution in [0.3, 0.4) is 0 Å². The summed E-state index contributed by atoms with van der Waals surface area (Å²) < 4.78 is 5.14. The van der Waals surface area contributed by atoms with Crippen LogP contribution < -0.4 is 4.74 Å². The van der Waals surface area contributed by atoms with Crippen molar-refractivity contribution in [3.8, 4) is 5.75 Å². The molecule has 0 spiro atoms. The molecule has 0 amide bonds. The van der Waals surface area contributed by atoms with E-state index in [1.54, 1.807) is 31.4 Å². The maximum absolute atomic E-state index is 12.8. The second-order valence-electron chi connectivity index (χ2n) is 5.57. The lowest BCUT2D eigenvalue weighted by Gasteiger charge is -2.24. The highest BCUT2D eigenvalue weighted by Crippen LogP contribution is 2.33. The van der Waals surface area contributed by atoms with Gasteiger partial charge in [-0.25, -0.2) is 0 Å². The van der Waals surface area contributed by atoms with Gasteiger partial charge in [0.1, 0.15) is 5.75 Å². The van der Waals surface area contributed by atoms with Crippen LogP contribution in [-0.2, 0) is 0 Å². The number of Topliss-reactive ketones (excluding diaryl/α,β-unsaturated/α-hetero) is 2. The van der Waals surface area contributed by atoms with Gasteiger partial charge in [-0.15, -0.1) is 0 Å². The number of ether oxygens (including phenoxy) is 1. The number of methoxy groups -OCH3 is 1. The highest BCUT2D eigenvalue weighted by atomic mass is 16.5. The zero-order valence-corrected chi connectivity index (χ0v) is 13.2. The molecule has 0 aliphatic heterocycles. The van der Waals surface area contributed by atoms with Crippen LogP contribution in [0.5, 0.6) is 5.75 Å². The zero-order chi connectivity index (χ0) is 16.4. The fourth-order valence-electron chi connectivity index (χ4n) is 2.99. The third-order valence-corrected chi connectivity index (χ3v) is 4.24. The highest BCUT2D eigenvalue weighted by Gasteiger charge is 2.35. The lowest BCUT2D eigenvalue weighted by atomic mass is 9.76. The molecule has 23 heavy (non-hydrogen) atoms. The summed E-state index contributed by atoms with van der Waals surface area (Å²) in [7, 11) is 1.61. The molecule has 2 aromatic carbocycles. The van der Waals surface area contributed by atoms with Crippen molar-refractivity contribution >= 4 is 17.6 Å². The number of benzene rings is 2. The van der Waals surface area contributed by atoms with Crippen molar-refractivity contribution < 1.29 is 14.3 Å². The molecule has 0 bridgehead atoms. The maximum atomic E-state index is 12.8. The fourth-order valence-corrected chi connectivity index (χ4v) is 2.99. The third kappa shape index (κ3) is 2.70. The van der Waals surface area contributed by atoms with E-state index < -0.39 is 0 Å². The van der Waals surface area contributed by atoms with E-state index in [2.05, 4.69) is 0 Å². The standard InChI is InChI=1S/C20H18O3/c1-3-15-18(12-13-8-10-14(23-2)11-9-13)20(22)17-7-5-4-6-16(17)19(15)21/h4-12,15H,3H2,1-2H3/b18-12+. The first kappa shape index (κ1) is 15.2. The smallest absolute Gasteiger partial charge is 0.190 e. The molecule has 3 heteroatoms. The Morgan fingerprint density at radius 3 is 2.26 bits per heavy atom. The van der Waals surface area contributed by atoms with E-state index in [0.29, 0.717) is 23.1 Å². The van der Waals surface area contributed by atoms with Crippen LogP contribution in [0.1, 0.15) is 39.6 Å². The lowest BCUT2D eigenvalue weighted by molar-refractivity contribution is 0.0881. The quantitative estimate of drug-likeness (QED) is 0.799. The lowest BCUT2D eigenvalue weighted by Crippen LogP contribution is -2.29. The molecule has 1 atom stereocenters. The monoisotopic (exact) mass is 306 g/mol. The van der Waals surface area contributed by atoms with E-state index >= 15 is 0 Å². The summed E-state index contributed by atoms with van der Waals surface area (Å²) >= 11 is 0. The highest BCUT2D eigenvalue weighted by molar-refractivity contribution is 6.25. The summed E-state index contributed by atoms with van der Waals surface area (Å²) in [4.78, 5) is 25.5. The van der Waals surface area contributed by atoms with Crippen molar-refractivity contribution in [2.45, 2.75) is 13.3 Å². The number of fused-ring (bicyclic) bond motifs is 1. The van der Waals surface area contributed by atoms with Crippen molar-refractivity contribution in [1.82, 2.24) is 0 Å². The van der Waals surface area contributed by atoms with E-state index in [1.807, 2.05) is 37.3 Å². The van der Waals surface area contributed by atoms with Crippen molar-refractivity contribution in [2.24, 2.45) is 5.92 Å². The molecule has 0 heterocycles. The van der Waals surface area contributed by atoms with Gasteiger partial charge >= 0.3 is 0 Å². The molecule has 0 saturated heterocycles. The minimum absolute atomic E-state index is 0.0301. The van der Waals surface area contributed by atoms with Crippen LogP contribution in [0, 0.1) is 5.92 Å². The molecule has 0 radical (unpaired) electrons. The molecule has 0 fully saturated rings. The van der Waals surface area contributed by atoms with Crippen molar-refractivity contribution in [3.05, 3.63) is 70.8 Å². The van der Waals surface area contributed by atoms with E-state index in [1.165, 1.54) is 0 Å². The van der Waals surface area contributed by atoms with Crippen LogP contribution in [0.4, 0.5) is 0 Å². The molecule has 2 aromatic rings. The largest absolute Gasteiger partial charge is 0.497 e. The van der Waals surface area contributed by atoms with Gasteiger partial charge in [0.05, 0.1) is 13.0 Å². The zero-order valence-electron chi connectivity index (χ0n) is 13.2. The molecule has 1 aliphatic carbocycles. The van der Waals surface area contributed by atoms with Crippen LogP contribution in [0.2, 0.25) is 0 Å². The van der Waals surface area contributed by atoms with Gasteiger partial charge in [-0.05, 0) is 30.2 Å². The number of ketones is 2. The number of carbonyl (C=O) groups excluding carboxylic acids is 2. The average molecular weight is 306 g/mol. The Balaban J connectivity index is 2.08. The first-order chi connectivity index (χ1) is 11.2. The fraction of sp³-hybridized carbons (Fsp3) is 0.200. The molecule has 116 valence electrons. The predicted molar refractivity (Wildman–Crippen MR) is 89.9 cm³/mol. The minimum atomic E-state index is -0.375. The summed E-state index contributed by atoms with van der Waals surface area (Å²) in [6.07, 6.45) is 2.44. The molecular formula is C20H18O3. The molecule has 1 aliphatic rings. The summed E-state index contributed by atoms with van der Waals surface area (Å²) in [6, 6.07) is 14.5. The molecule has 0 aromatic heterocycles. The van der Waals surface area contributed by atoms with Gasteiger partial charge in [0.2, 0.25) is 0 Å². The molecule has 3 rings (SSSR count). The second kappa shape index (κ2) is 6.21. The van der Waals surface area contributed by atoms with Crippen LogP contribution in [-0.4, -0.2) is 18.7 Å². The number of allylic oxidation sites excluding steroid dienone is 1. The third-order valence-electron chi connectivity index (χ3n) is 4.24. The van der Waals surface area contributed by atoms with Crippen molar-refractivity contribution in [1.29, 1.82) is 0 Å². The van der Waals surface area contributed by atoms with Crippen molar-refractivity contribution in [2.75, 3.05) is 7.11 Å². The topological polar surface area (TPSA) is 43.4 Å². The number of hydrogen-bond donors (Lipinski definition) is 0. The SMILES string of the molecule is CCC1C(=O)c2ccccc2C(=O)/C1=C/c1ccc(OC)cc1. The Labute approximate surface area is 135 Å². The number of carbonyl (C=O) groups is 2. The predicted octanol–water partition coefficient (Wildman–Crippen LogP) is 4.18. The Hall–Kier alpha value is -2.68. The molecule has 1 unspecified atom stereocenters. The first-order valence-corrected chi connectivity index (χ1v) is 7.69. The van der Waals surface area contributed by atoms with Gasteiger partial charge in [-0.3, -0.25) is 9.59 Å². The molecule has 0 saturated carbocycles. The van der Waals surface area contributed by atoms with Crippen LogP contribution >= 0.6 is 0 Å². The Morgan fingerprint density at radius 1 is 1.00 bits per heavy atom. The van der Waals surface area contributed by atoms with Gasteiger partial charge < -0.3 is 4.74 Å². The number of rotatable bonds is 3. The minimum Gasteiger partial charge on any atom is -0.497 e. The molecule has 3 nitrogen and oxygen atoms in total. The van der Waals surface area contributed by atoms with E-state index in [-0.39, 0.29) is 17.5 Å². The van der Waals surface area contributed by atoms with Gasteiger partial charge in [0.15, 0.2) is 11.6 Å². The van der Waals surface area contributed by atoms with Gasteiger partial charge in [0, 0.05) is 16.7 Å². The van der Waals surface area contributed by atoms with E-state index in [9.17, 15) is 9.59 Å². The number of hydrogen-bond acceptors (Lipinski definition) is 3. The second-order valence-corrected chi connectivity index (χ2v) is 5.57. The molecule has 0 N–H and O–H groups in total. The van der Waals surface area contributed by atoms with E-state index in [0.717, 1.165) is 11.3 Å². The molecular weight excluding hydrogens is 288 g/mol. The van der Waals surface area contributed by atoms with Crippen LogP contribution in [0.15, 0.2) is 54.1 Å².